The van der Waals surface area contributed by atoms with Crippen molar-refractivity contribution >= 4 is 17.7 Å². The summed E-state index contributed by atoms with van der Waals surface area (Å²) in [4.78, 5) is 39.6. The maximum absolute atomic E-state index is 13.2. The molecule has 0 aliphatic carbocycles. The SMILES string of the molecule is NC(=O)CN(CC(=O)NCc1ccccc1)C1CCN(C(=O)c2cc(C(F)(F)F)cc(C(F)(F)F)c2)CC1. The summed E-state index contributed by atoms with van der Waals surface area (Å²) in [5.74, 6) is -2.01. The fourth-order valence-electron chi connectivity index (χ4n) is 4.25. The molecule has 1 heterocycles. The maximum Gasteiger partial charge on any atom is 0.416 e. The Morgan fingerprint density at radius 3 is 1.95 bits per heavy atom. The first-order valence-electron chi connectivity index (χ1n) is 11.7. The second-order valence-corrected chi connectivity index (χ2v) is 8.95. The van der Waals surface area contributed by atoms with Gasteiger partial charge in [0.2, 0.25) is 11.8 Å². The number of amides is 3. The minimum absolute atomic E-state index is 0.00198. The van der Waals surface area contributed by atoms with Gasteiger partial charge in [-0.15, -0.1) is 0 Å². The van der Waals surface area contributed by atoms with Crippen molar-refractivity contribution in [3.8, 4) is 0 Å². The Bertz CT molecular complexity index is 1110. The third-order valence-electron chi connectivity index (χ3n) is 6.14. The molecule has 38 heavy (non-hydrogen) atoms. The fourth-order valence-corrected chi connectivity index (χ4v) is 4.25. The van der Waals surface area contributed by atoms with Crippen LogP contribution in [-0.4, -0.2) is 59.7 Å². The predicted octanol–water partition coefficient (Wildman–Crippen LogP) is 3.43. The molecule has 1 fully saturated rings. The molecule has 2 aromatic rings. The van der Waals surface area contributed by atoms with E-state index in [2.05, 4.69) is 5.32 Å². The second-order valence-electron chi connectivity index (χ2n) is 8.95. The number of likely N-dealkylation sites (tertiary alicyclic amines) is 1. The summed E-state index contributed by atoms with van der Waals surface area (Å²) in [6.07, 6.45) is -9.68. The van der Waals surface area contributed by atoms with Gasteiger partial charge in [0.05, 0.1) is 24.2 Å². The molecule has 1 aliphatic rings. The molecular weight excluding hydrogens is 518 g/mol. The molecule has 0 unspecified atom stereocenters. The molecule has 13 heteroatoms. The topological polar surface area (TPSA) is 95.7 Å². The van der Waals surface area contributed by atoms with Crippen LogP contribution in [0.3, 0.4) is 0 Å². The molecule has 2 aromatic carbocycles. The van der Waals surface area contributed by atoms with Crippen molar-refractivity contribution in [3.63, 3.8) is 0 Å². The zero-order valence-corrected chi connectivity index (χ0v) is 20.1. The van der Waals surface area contributed by atoms with Crippen LogP contribution < -0.4 is 11.1 Å². The Kier molecular flexibility index (Phi) is 9.02. The lowest BCUT2D eigenvalue weighted by Crippen LogP contribution is -2.51. The van der Waals surface area contributed by atoms with E-state index in [1.807, 2.05) is 30.3 Å². The van der Waals surface area contributed by atoms with Gasteiger partial charge in [-0.1, -0.05) is 30.3 Å². The molecule has 3 amide bonds. The zero-order chi connectivity index (χ0) is 28.1. The lowest BCUT2D eigenvalue weighted by Gasteiger charge is -2.38. The molecule has 7 nitrogen and oxygen atoms in total. The van der Waals surface area contributed by atoms with E-state index in [0.717, 1.165) is 10.5 Å². The van der Waals surface area contributed by atoms with Crippen molar-refractivity contribution in [2.75, 3.05) is 26.2 Å². The van der Waals surface area contributed by atoms with Crippen molar-refractivity contribution < 1.29 is 40.7 Å². The molecule has 0 bridgehead atoms. The van der Waals surface area contributed by atoms with Crippen LogP contribution in [0.2, 0.25) is 0 Å². The van der Waals surface area contributed by atoms with Gasteiger partial charge in [-0.2, -0.15) is 26.3 Å². The molecule has 0 atom stereocenters. The number of alkyl halides is 6. The number of hydrogen-bond acceptors (Lipinski definition) is 4. The van der Waals surface area contributed by atoms with Crippen molar-refractivity contribution in [3.05, 3.63) is 70.8 Å². The summed E-state index contributed by atoms with van der Waals surface area (Å²) in [6.45, 7) is -0.116. The van der Waals surface area contributed by atoms with Crippen LogP contribution >= 0.6 is 0 Å². The smallest absolute Gasteiger partial charge is 0.369 e. The molecular formula is C25H26F6N4O3. The monoisotopic (exact) mass is 544 g/mol. The molecule has 206 valence electrons. The molecule has 1 saturated heterocycles. The number of nitrogens with zero attached hydrogens (tertiary/aromatic N) is 2. The molecule has 3 rings (SSSR count). The normalized spacial score (nSPS) is 15.0. The van der Waals surface area contributed by atoms with Gasteiger partial charge < -0.3 is 16.0 Å². The van der Waals surface area contributed by atoms with E-state index in [4.69, 9.17) is 5.73 Å². The van der Waals surface area contributed by atoms with Gasteiger partial charge in [0.1, 0.15) is 0 Å². The van der Waals surface area contributed by atoms with Crippen LogP contribution in [0.1, 0.15) is 39.9 Å². The Morgan fingerprint density at radius 2 is 1.45 bits per heavy atom. The van der Waals surface area contributed by atoms with Gasteiger partial charge in [0, 0.05) is 31.2 Å². The van der Waals surface area contributed by atoms with Crippen LogP contribution in [0.25, 0.3) is 0 Å². The standard InChI is InChI=1S/C25H26F6N4O3/c26-24(27,28)18-10-17(11-19(12-18)25(29,30)31)23(38)34-8-6-20(7-9-34)35(14-21(32)36)15-22(37)33-13-16-4-2-1-3-5-16/h1-5,10-12,20H,6-9,13-15H2,(H2,32,36)(H,33,37). The largest absolute Gasteiger partial charge is 0.416 e. The van der Waals surface area contributed by atoms with Crippen molar-refractivity contribution in [2.24, 2.45) is 5.73 Å². The highest BCUT2D eigenvalue weighted by atomic mass is 19.4. The third-order valence-corrected chi connectivity index (χ3v) is 6.14. The van der Waals surface area contributed by atoms with Crippen LogP contribution in [0.4, 0.5) is 26.3 Å². The number of rotatable bonds is 8. The number of halogens is 6. The molecule has 0 aromatic heterocycles. The van der Waals surface area contributed by atoms with E-state index in [1.165, 1.54) is 0 Å². The first-order chi connectivity index (χ1) is 17.7. The molecule has 1 aliphatic heterocycles. The van der Waals surface area contributed by atoms with E-state index in [0.29, 0.717) is 12.1 Å². The molecule has 0 radical (unpaired) electrons. The number of primary amides is 1. The van der Waals surface area contributed by atoms with Crippen LogP contribution in [-0.2, 0) is 28.5 Å². The lowest BCUT2D eigenvalue weighted by atomic mass is 10.00. The minimum Gasteiger partial charge on any atom is -0.369 e. The first kappa shape index (κ1) is 29.0. The van der Waals surface area contributed by atoms with Crippen LogP contribution in [0.15, 0.2) is 48.5 Å². The summed E-state index contributed by atoms with van der Waals surface area (Å²) in [7, 11) is 0. The fraction of sp³-hybridized carbons (Fsp3) is 0.400. The maximum atomic E-state index is 13.2. The second kappa shape index (κ2) is 11.8. The zero-order valence-electron chi connectivity index (χ0n) is 20.1. The Morgan fingerprint density at radius 1 is 0.895 bits per heavy atom. The van der Waals surface area contributed by atoms with Crippen molar-refractivity contribution in [1.82, 2.24) is 15.1 Å². The van der Waals surface area contributed by atoms with Gasteiger partial charge in [-0.25, -0.2) is 0 Å². The highest BCUT2D eigenvalue weighted by molar-refractivity contribution is 5.94. The van der Waals surface area contributed by atoms with Gasteiger partial charge in [0.15, 0.2) is 0 Å². The number of nitrogens with two attached hydrogens (primary N) is 1. The highest BCUT2D eigenvalue weighted by Gasteiger charge is 2.38. The average Bonchev–Trinajstić information content (AvgIpc) is 2.86. The van der Waals surface area contributed by atoms with E-state index in [9.17, 15) is 40.7 Å². The van der Waals surface area contributed by atoms with E-state index in [1.54, 1.807) is 4.90 Å². The van der Waals surface area contributed by atoms with Crippen LogP contribution in [0, 0.1) is 0 Å². The van der Waals surface area contributed by atoms with E-state index < -0.39 is 40.9 Å². The summed E-state index contributed by atoms with van der Waals surface area (Å²) < 4.78 is 79.0. The Labute approximate surface area is 214 Å². The number of hydrogen-bond donors (Lipinski definition) is 2. The van der Waals surface area contributed by atoms with Gasteiger partial charge in [-0.05, 0) is 36.6 Å². The average molecular weight is 544 g/mol. The van der Waals surface area contributed by atoms with Gasteiger partial charge >= 0.3 is 12.4 Å². The van der Waals surface area contributed by atoms with Crippen LogP contribution in [0.5, 0.6) is 0 Å². The van der Waals surface area contributed by atoms with Crippen molar-refractivity contribution in [2.45, 2.75) is 37.8 Å². The molecule has 3 N–H and O–H groups in total. The number of benzene rings is 2. The summed E-state index contributed by atoms with van der Waals surface area (Å²) in [5.41, 5.74) is 2.34. The highest BCUT2D eigenvalue weighted by Crippen LogP contribution is 2.36. The molecule has 0 spiro atoms. The van der Waals surface area contributed by atoms with E-state index in [-0.39, 0.29) is 63.6 Å². The number of nitrogens with one attached hydrogen (secondary N) is 1. The van der Waals surface area contributed by atoms with E-state index >= 15 is 0 Å². The molecule has 0 saturated carbocycles. The summed E-state index contributed by atoms with van der Waals surface area (Å²) in [6, 6.07) is 9.54. The summed E-state index contributed by atoms with van der Waals surface area (Å²) >= 11 is 0. The van der Waals surface area contributed by atoms with Gasteiger partial charge in [-0.3, -0.25) is 19.3 Å². The first-order valence-corrected chi connectivity index (χ1v) is 11.7. The lowest BCUT2D eigenvalue weighted by molar-refractivity contribution is -0.143. The third kappa shape index (κ3) is 7.94. The van der Waals surface area contributed by atoms with Crippen molar-refractivity contribution in [1.29, 1.82) is 0 Å². The number of carbonyl (C=O) groups is 3. The number of carbonyl (C=O) groups excluding carboxylic acids is 3. The summed E-state index contributed by atoms with van der Waals surface area (Å²) in [5, 5.41) is 2.74. The predicted molar refractivity (Wildman–Crippen MR) is 124 cm³/mol. The van der Waals surface area contributed by atoms with Gasteiger partial charge in [0.25, 0.3) is 5.91 Å². The minimum atomic E-state index is -5.07. The Hall–Kier alpha value is -3.61. The Balaban J connectivity index is 1.66. The quantitative estimate of drug-likeness (QED) is 0.498. The number of piperidine rings is 1.